The van der Waals surface area contributed by atoms with Crippen molar-refractivity contribution in [2.75, 3.05) is 19.1 Å². The van der Waals surface area contributed by atoms with Gasteiger partial charge in [-0.15, -0.1) is 0 Å². The van der Waals surface area contributed by atoms with Crippen LogP contribution < -0.4 is 10.6 Å². The maximum Gasteiger partial charge on any atom is 0.355 e. The Labute approximate surface area is 192 Å². The van der Waals surface area contributed by atoms with Crippen LogP contribution >= 0.6 is 27.5 Å². The molecule has 1 aliphatic rings. The number of hydrogen-bond donors (Lipinski definition) is 1. The highest BCUT2D eigenvalue weighted by Crippen LogP contribution is 2.45. The number of anilines is 1. The fourth-order valence-corrected chi connectivity index (χ4v) is 4.01. The molecule has 2 N–H and O–H groups in total. The first-order valence-corrected chi connectivity index (χ1v) is 10.1. The molecule has 31 heavy (non-hydrogen) atoms. The Morgan fingerprint density at radius 3 is 2.35 bits per heavy atom. The molecule has 0 bridgehead atoms. The number of rotatable bonds is 4. The second kappa shape index (κ2) is 9.25. The van der Waals surface area contributed by atoms with Crippen LogP contribution in [-0.4, -0.2) is 26.2 Å². The molecule has 158 valence electrons. The van der Waals surface area contributed by atoms with Crippen molar-refractivity contribution in [2.45, 2.75) is 5.92 Å². The molecule has 0 aliphatic carbocycles. The third-order valence-corrected chi connectivity index (χ3v) is 5.67. The van der Waals surface area contributed by atoms with Crippen molar-refractivity contribution in [3.8, 4) is 6.07 Å². The number of nitrogens with two attached hydrogens (primary N) is 1. The van der Waals surface area contributed by atoms with Crippen LogP contribution in [0.1, 0.15) is 11.5 Å². The number of hydrogen-bond acceptors (Lipinski definition) is 7. The summed E-state index contributed by atoms with van der Waals surface area (Å²) < 4.78 is 10.5. The number of carbonyl (C=O) groups is 2. The lowest BCUT2D eigenvalue weighted by Gasteiger charge is -2.36. The Bertz CT molecular complexity index is 1160. The summed E-state index contributed by atoms with van der Waals surface area (Å²) >= 11 is 9.59. The largest absolute Gasteiger partial charge is 0.466 e. The number of benzene rings is 2. The van der Waals surface area contributed by atoms with Gasteiger partial charge in [0.1, 0.15) is 11.5 Å². The zero-order valence-electron chi connectivity index (χ0n) is 16.6. The molecule has 1 aliphatic heterocycles. The van der Waals surface area contributed by atoms with E-state index in [9.17, 15) is 14.9 Å². The van der Waals surface area contributed by atoms with Gasteiger partial charge in [-0.25, -0.2) is 9.59 Å². The zero-order chi connectivity index (χ0) is 22.7. The smallest absolute Gasteiger partial charge is 0.355 e. The van der Waals surface area contributed by atoms with Crippen LogP contribution in [0.25, 0.3) is 0 Å². The molecule has 2 aromatic rings. The Hall–Kier alpha value is -3.28. The van der Waals surface area contributed by atoms with Crippen molar-refractivity contribution in [2.24, 2.45) is 5.73 Å². The Balaban J connectivity index is 2.45. The average Bonchev–Trinajstić information content (AvgIpc) is 2.79. The molecule has 7 nitrogen and oxygen atoms in total. The van der Waals surface area contributed by atoms with Crippen LogP contribution in [0.4, 0.5) is 5.69 Å². The maximum atomic E-state index is 13.0. The highest BCUT2D eigenvalue weighted by molar-refractivity contribution is 9.10. The number of halogens is 2. The fraction of sp³-hybridized carbons (Fsp3) is 0.136. The molecule has 0 aromatic heterocycles. The standard InChI is InChI=1S/C22H17BrClN3O4/c1-30-21(28)18-17(12-6-4-3-5-7-12)14(11-25)20(26)27(19(18)22(29)31-2)16-10-13(24)8-9-15(16)23/h3-10,17H,26H2,1-2H3. The third kappa shape index (κ3) is 4.02. The van der Waals surface area contributed by atoms with Gasteiger partial charge in [-0.2, -0.15) is 5.26 Å². The van der Waals surface area contributed by atoms with E-state index in [-0.39, 0.29) is 22.7 Å². The molecular weight excluding hydrogens is 486 g/mol. The lowest BCUT2D eigenvalue weighted by molar-refractivity contribution is -0.139. The van der Waals surface area contributed by atoms with Gasteiger partial charge in [0.05, 0.1) is 43.0 Å². The van der Waals surface area contributed by atoms with E-state index in [0.717, 1.165) is 0 Å². The van der Waals surface area contributed by atoms with Crippen molar-refractivity contribution < 1.29 is 19.1 Å². The summed E-state index contributed by atoms with van der Waals surface area (Å²) in [7, 11) is 2.38. The molecule has 0 radical (unpaired) electrons. The summed E-state index contributed by atoms with van der Waals surface area (Å²) in [6.07, 6.45) is 0. The van der Waals surface area contributed by atoms with Gasteiger partial charge in [0, 0.05) is 9.50 Å². The molecular formula is C22H17BrClN3O4. The Kier molecular flexibility index (Phi) is 6.68. The van der Waals surface area contributed by atoms with E-state index in [4.69, 9.17) is 26.8 Å². The van der Waals surface area contributed by atoms with Crippen molar-refractivity contribution in [1.82, 2.24) is 0 Å². The summed E-state index contributed by atoms with van der Waals surface area (Å²) in [5.41, 5.74) is 7.21. The molecule has 1 unspecified atom stereocenters. The highest BCUT2D eigenvalue weighted by atomic mass is 79.9. The highest BCUT2D eigenvalue weighted by Gasteiger charge is 2.43. The van der Waals surface area contributed by atoms with Crippen molar-refractivity contribution in [1.29, 1.82) is 5.26 Å². The van der Waals surface area contributed by atoms with E-state index in [0.29, 0.717) is 20.7 Å². The van der Waals surface area contributed by atoms with E-state index in [1.807, 2.05) is 0 Å². The van der Waals surface area contributed by atoms with Gasteiger partial charge in [0.2, 0.25) is 0 Å². The second-order valence-electron chi connectivity index (χ2n) is 6.43. The molecule has 0 amide bonds. The van der Waals surface area contributed by atoms with E-state index >= 15 is 0 Å². The average molecular weight is 503 g/mol. The van der Waals surface area contributed by atoms with E-state index in [1.54, 1.807) is 48.5 Å². The molecule has 2 aromatic carbocycles. The van der Waals surface area contributed by atoms with Gasteiger partial charge < -0.3 is 15.2 Å². The lowest BCUT2D eigenvalue weighted by atomic mass is 9.81. The molecule has 1 heterocycles. The quantitative estimate of drug-likeness (QED) is 0.630. The van der Waals surface area contributed by atoms with Crippen molar-refractivity contribution >= 4 is 45.2 Å². The van der Waals surface area contributed by atoms with Crippen LogP contribution in [-0.2, 0) is 19.1 Å². The second-order valence-corrected chi connectivity index (χ2v) is 7.72. The monoisotopic (exact) mass is 501 g/mol. The molecule has 0 fully saturated rings. The fourth-order valence-electron chi connectivity index (χ4n) is 3.42. The van der Waals surface area contributed by atoms with Gasteiger partial charge in [0.15, 0.2) is 0 Å². The van der Waals surface area contributed by atoms with Crippen molar-refractivity contribution in [3.05, 3.63) is 86.3 Å². The number of nitriles is 1. The van der Waals surface area contributed by atoms with Gasteiger partial charge in [-0.3, -0.25) is 4.90 Å². The predicted molar refractivity (Wildman–Crippen MR) is 119 cm³/mol. The van der Waals surface area contributed by atoms with E-state index in [1.165, 1.54) is 19.1 Å². The molecule has 9 heteroatoms. The number of esters is 2. The maximum absolute atomic E-state index is 13.0. The number of ether oxygens (including phenoxy) is 2. The third-order valence-electron chi connectivity index (χ3n) is 4.76. The first kappa shape index (κ1) is 22.4. The summed E-state index contributed by atoms with van der Waals surface area (Å²) in [6, 6.07) is 15.7. The summed E-state index contributed by atoms with van der Waals surface area (Å²) in [5, 5.41) is 10.4. The number of methoxy groups -OCH3 is 2. The summed E-state index contributed by atoms with van der Waals surface area (Å²) in [4.78, 5) is 27.2. The van der Waals surface area contributed by atoms with Gasteiger partial charge in [0.25, 0.3) is 0 Å². The van der Waals surface area contributed by atoms with Crippen LogP contribution in [0.15, 0.2) is 75.7 Å². The molecule has 0 spiro atoms. The van der Waals surface area contributed by atoms with Gasteiger partial charge >= 0.3 is 11.9 Å². The van der Waals surface area contributed by atoms with Crippen molar-refractivity contribution in [3.63, 3.8) is 0 Å². The van der Waals surface area contributed by atoms with Crippen LogP contribution in [0.2, 0.25) is 5.02 Å². The van der Waals surface area contributed by atoms with Gasteiger partial charge in [-0.1, -0.05) is 41.9 Å². The number of allylic oxidation sites excluding steroid dienone is 1. The first-order chi connectivity index (χ1) is 14.8. The topological polar surface area (TPSA) is 106 Å². The minimum absolute atomic E-state index is 0.0348. The number of carbonyl (C=O) groups excluding carboxylic acids is 2. The lowest BCUT2D eigenvalue weighted by Crippen LogP contribution is -2.41. The molecule has 3 rings (SSSR count). The van der Waals surface area contributed by atoms with E-state index in [2.05, 4.69) is 22.0 Å². The van der Waals surface area contributed by atoms with Crippen LogP contribution in [0.3, 0.4) is 0 Å². The molecule has 0 saturated carbocycles. The minimum atomic E-state index is -0.929. The predicted octanol–water partition coefficient (Wildman–Crippen LogP) is 4.00. The van der Waals surface area contributed by atoms with Gasteiger partial charge in [-0.05, 0) is 39.7 Å². The SMILES string of the molecule is COC(=O)C1=C(C(=O)OC)N(c2cc(Cl)ccc2Br)C(N)=C(C#N)C1c1ccccc1. The van der Waals surface area contributed by atoms with Crippen LogP contribution in [0.5, 0.6) is 0 Å². The number of nitrogens with zero attached hydrogens (tertiary/aromatic N) is 2. The molecule has 0 saturated heterocycles. The summed E-state index contributed by atoms with van der Waals surface area (Å²) in [6.45, 7) is 0. The zero-order valence-corrected chi connectivity index (χ0v) is 18.9. The molecule has 1 atom stereocenters. The Morgan fingerprint density at radius 1 is 1.13 bits per heavy atom. The Morgan fingerprint density at radius 2 is 1.77 bits per heavy atom. The first-order valence-electron chi connectivity index (χ1n) is 8.96. The normalized spacial score (nSPS) is 16.1. The van der Waals surface area contributed by atoms with E-state index < -0.39 is 17.9 Å². The van der Waals surface area contributed by atoms with Crippen LogP contribution in [0, 0.1) is 11.3 Å². The minimum Gasteiger partial charge on any atom is -0.466 e. The summed E-state index contributed by atoms with van der Waals surface area (Å²) in [5.74, 6) is -2.58.